The van der Waals surface area contributed by atoms with E-state index in [2.05, 4.69) is 39.9 Å². The first-order valence-corrected chi connectivity index (χ1v) is 9.25. The number of carbonyl (C=O) groups excluding carboxylic acids is 1. The zero-order chi connectivity index (χ0) is 15.9. The lowest BCUT2D eigenvalue weighted by Gasteiger charge is -2.32. The Bertz CT molecular complexity index is 589. The van der Waals surface area contributed by atoms with Gasteiger partial charge in [-0.3, -0.25) is 9.69 Å². The largest absolute Gasteiger partial charge is 0.353 e. The third-order valence-corrected chi connectivity index (χ3v) is 5.26. The summed E-state index contributed by atoms with van der Waals surface area (Å²) in [6, 6.07) is 14.9. The highest BCUT2D eigenvalue weighted by Gasteiger charge is 2.20. The zero-order valence-corrected chi connectivity index (χ0v) is 14.2. The molecule has 0 spiro atoms. The number of hydrogen-bond donors (Lipinski definition) is 1. The van der Waals surface area contributed by atoms with Crippen LogP contribution in [0.2, 0.25) is 0 Å². The van der Waals surface area contributed by atoms with Crippen molar-refractivity contribution in [3.63, 3.8) is 0 Å². The molecular formula is C19H24N2OS. The molecule has 1 saturated heterocycles. The monoisotopic (exact) mass is 328 g/mol. The molecule has 3 nitrogen and oxygen atoms in total. The Balaban J connectivity index is 1.36. The molecule has 1 aromatic heterocycles. The van der Waals surface area contributed by atoms with Gasteiger partial charge in [-0.2, -0.15) is 0 Å². The van der Waals surface area contributed by atoms with Crippen LogP contribution in [0.5, 0.6) is 0 Å². The standard InChI is InChI=1S/C19H24N2OS/c22-19(9-8-16-5-2-1-3-6-16)20-17-10-12-21(13-11-17)15-18-7-4-14-23-18/h1-7,14,17H,8-13,15H2,(H,20,22). The average molecular weight is 328 g/mol. The number of rotatable bonds is 6. The second-order valence-corrected chi connectivity index (χ2v) is 7.22. The fraction of sp³-hybridized carbons (Fsp3) is 0.421. The van der Waals surface area contributed by atoms with Crippen molar-refractivity contribution in [1.82, 2.24) is 10.2 Å². The van der Waals surface area contributed by atoms with E-state index in [0.717, 1.165) is 38.9 Å². The molecule has 1 amide bonds. The lowest BCUT2D eigenvalue weighted by molar-refractivity contribution is -0.122. The Morgan fingerprint density at radius 2 is 1.91 bits per heavy atom. The van der Waals surface area contributed by atoms with Crippen LogP contribution in [0.4, 0.5) is 0 Å². The van der Waals surface area contributed by atoms with Crippen LogP contribution < -0.4 is 5.32 Å². The van der Waals surface area contributed by atoms with Crippen LogP contribution in [-0.4, -0.2) is 29.9 Å². The predicted octanol–water partition coefficient (Wildman–Crippen LogP) is 3.46. The Kier molecular flexibility index (Phi) is 5.83. The van der Waals surface area contributed by atoms with Gasteiger partial charge in [0.2, 0.25) is 5.91 Å². The van der Waals surface area contributed by atoms with Gasteiger partial charge < -0.3 is 5.32 Å². The summed E-state index contributed by atoms with van der Waals surface area (Å²) in [6.45, 7) is 3.19. The summed E-state index contributed by atoms with van der Waals surface area (Å²) in [6.07, 6.45) is 3.52. The van der Waals surface area contributed by atoms with Crippen molar-refractivity contribution >= 4 is 17.2 Å². The van der Waals surface area contributed by atoms with Gasteiger partial charge in [0.25, 0.3) is 0 Å². The lowest BCUT2D eigenvalue weighted by Crippen LogP contribution is -2.44. The number of aryl methyl sites for hydroxylation is 1. The Hall–Kier alpha value is -1.65. The van der Waals surface area contributed by atoms with Gasteiger partial charge in [0, 0.05) is 37.0 Å². The van der Waals surface area contributed by atoms with Crippen molar-refractivity contribution < 1.29 is 4.79 Å². The molecule has 0 saturated carbocycles. The number of nitrogens with zero attached hydrogens (tertiary/aromatic N) is 1. The van der Waals surface area contributed by atoms with Crippen LogP contribution in [0, 0.1) is 0 Å². The summed E-state index contributed by atoms with van der Waals surface area (Å²) in [4.78, 5) is 16.0. The van der Waals surface area contributed by atoms with E-state index in [0.29, 0.717) is 12.5 Å². The number of thiophene rings is 1. The molecule has 3 rings (SSSR count). The molecule has 1 fully saturated rings. The molecule has 1 aliphatic rings. The fourth-order valence-electron chi connectivity index (χ4n) is 3.06. The maximum Gasteiger partial charge on any atom is 0.220 e. The summed E-state index contributed by atoms with van der Waals surface area (Å²) >= 11 is 1.82. The molecule has 0 unspecified atom stereocenters. The quantitative estimate of drug-likeness (QED) is 0.881. The number of piperidine rings is 1. The highest BCUT2D eigenvalue weighted by molar-refractivity contribution is 7.09. The summed E-state index contributed by atoms with van der Waals surface area (Å²) in [7, 11) is 0. The van der Waals surface area contributed by atoms with Gasteiger partial charge in [-0.05, 0) is 36.3 Å². The molecule has 2 aromatic rings. The summed E-state index contributed by atoms with van der Waals surface area (Å²) in [5.41, 5.74) is 1.23. The molecule has 4 heteroatoms. The molecule has 2 heterocycles. The number of hydrogen-bond acceptors (Lipinski definition) is 3. The van der Waals surface area contributed by atoms with Crippen LogP contribution in [0.25, 0.3) is 0 Å². The highest BCUT2D eigenvalue weighted by Crippen LogP contribution is 2.17. The third-order valence-electron chi connectivity index (χ3n) is 4.40. The first-order valence-electron chi connectivity index (χ1n) is 8.37. The molecule has 1 aromatic carbocycles. The van der Waals surface area contributed by atoms with Gasteiger partial charge in [-0.1, -0.05) is 36.4 Å². The van der Waals surface area contributed by atoms with E-state index in [1.165, 1.54) is 10.4 Å². The summed E-state index contributed by atoms with van der Waals surface area (Å²) < 4.78 is 0. The molecule has 0 atom stereocenters. The minimum Gasteiger partial charge on any atom is -0.353 e. The number of benzene rings is 1. The number of carbonyl (C=O) groups is 1. The molecule has 0 bridgehead atoms. The molecule has 0 radical (unpaired) electrons. The minimum atomic E-state index is 0.186. The van der Waals surface area contributed by atoms with Crippen LogP contribution in [0.15, 0.2) is 47.8 Å². The third kappa shape index (κ3) is 5.19. The Morgan fingerprint density at radius 1 is 1.13 bits per heavy atom. The SMILES string of the molecule is O=C(CCc1ccccc1)NC1CCN(Cc2cccs2)CC1. The second kappa shape index (κ2) is 8.27. The van der Waals surface area contributed by atoms with Gasteiger partial charge in [-0.15, -0.1) is 11.3 Å². The first-order chi connectivity index (χ1) is 11.3. The lowest BCUT2D eigenvalue weighted by atomic mass is 10.0. The van der Waals surface area contributed by atoms with Crippen molar-refractivity contribution in [2.75, 3.05) is 13.1 Å². The summed E-state index contributed by atoms with van der Waals surface area (Å²) in [5, 5.41) is 5.34. The van der Waals surface area contributed by atoms with E-state index < -0.39 is 0 Å². The number of amides is 1. The maximum absolute atomic E-state index is 12.1. The number of likely N-dealkylation sites (tertiary alicyclic amines) is 1. The van der Waals surface area contributed by atoms with Crippen molar-refractivity contribution in [3.05, 3.63) is 58.3 Å². The van der Waals surface area contributed by atoms with E-state index in [-0.39, 0.29) is 5.91 Å². The van der Waals surface area contributed by atoms with Gasteiger partial charge in [0.1, 0.15) is 0 Å². The van der Waals surface area contributed by atoms with E-state index in [9.17, 15) is 4.79 Å². The Morgan fingerprint density at radius 3 is 2.61 bits per heavy atom. The Labute approximate surface area is 142 Å². The van der Waals surface area contributed by atoms with Crippen LogP contribution >= 0.6 is 11.3 Å². The second-order valence-electron chi connectivity index (χ2n) is 6.18. The van der Waals surface area contributed by atoms with Crippen molar-refractivity contribution in [2.24, 2.45) is 0 Å². The first kappa shape index (κ1) is 16.2. The van der Waals surface area contributed by atoms with E-state index >= 15 is 0 Å². The fourth-order valence-corrected chi connectivity index (χ4v) is 3.81. The smallest absolute Gasteiger partial charge is 0.220 e. The zero-order valence-electron chi connectivity index (χ0n) is 13.4. The summed E-state index contributed by atoms with van der Waals surface area (Å²) in [5.74, 6) is 0.186. The van der Waals surface area contributed by atoms with E-state index in [1.54, 1.807) is 0 Å². The molecule has 23 heavy (non-hydrogen) atoms. The van der Waals surface area contributed by atoms with Crippen LogP contribution in [0.3, 0.4) is 0 Å². The normalized spacial score (nSPS) is 16.3. The average Bonchev–Trinajstić information content (AvgIpc) is 3.09. The van der Waals surface area contributed by atoms with Crippen molar-refractivity contribution in [3.8, 4) is 0 Å². The van der Waals surface area contributed by atoms with Crippen LogP contribution in [0.1, 0.15) is 29.7 Å². The molecule has 1 aliphatic heterocycles. The minimum absolute atomic E-state index is 0.186. The molecule has 122 valence electrons. The van der Waals surface area contributed by atoms with Gasteiger partial charge in [-0.25, -0.2) is 0 Å². The van der Waals surface area contributed by atoms with Gasteiger partial charge in [0.05, 0.1) is 0 Å². The van der Waals surface area contributed by atoms with Gasteiger partial charge in [0.15, 0.2) is 0 Å². The molecular weight excluding hydrogens is 304 g/mol. The molecule has 0 aliphatic carbocycles. The highest BCUT2D eigenvalue weighted by atomic mass is 32.1. The van der Waals surface area contributed by atoms with Crippen molar-refractivity contribution in [1.29, 1.82) is 0 Å². The van der Waals surface area contributed by atoms with Gasteiger partial charge >= 0.3 is 0 Å². The van der Waals surface area contributed by atoms with Crippen LogP contribution in [-0.2, 0) is 17.8 Å². The van der Waals surface area contributed by atoms with Crippen molar-refractivity contribution in [2.45, 2.75) is 38.3 Å². The predicted molar refractivity (Wildman–Crippen MR) is 95.5 cm³/mol. The molecule has 1 N–H and O–H groups in total. The maximum atomic E-state index is 12.1. The topological polar surface area (TPSA) is 32.3 Å². The number of nitrogens with one attached hydrogen (secondary N) is 1. The van der Waals surface area contributed by atoms with E-state index in [1.807, 2.05) is 29.5 Å². The van der Waals surface area contributed by atoms with E-state index in [4.69, 9.17) is 0 Å².